The number of carbonyl (C=O) groups is 1. The maximum absolute atomic E-state index is 12.9. The van der Waals surface area contributed by atoms with Crippen molar-refractivity contribution in [1.82, 2.24) is 15.5 Å². The van der Waals surface area contributed by atoms with E-state index in [1.807, 2.05) is 0 Å². The van der Waals surface area contributed by atoms with E-state index in [4.69, 9.17) is 10.3 Å². The van der Waals surface area contributed by atoms with Crippen LogP contribution in [0.2, 0.25) is 0 Å². The van der Waals surface area contributed by atoms with E-state index in [-0.39, 0.29) is 18.0 Å². The lowest BCUT2D eigenvalue weighted by molar-refractivity contribution is 0.0118. The monoisotopic (exact) mass is 306 g/mol. The molecule has 2 heterocycles. The minimum absolute atomic E-state index is 0. The van der Waals surface area contributed by atoms with Crippen LogP contribution in [-0.2, 0) is 0 Å². The van der Waals surface area contributed by atoms with Crippen LogP contribution >= 0.6 is 12.4 Å². The number of pyridine rings is 1. The zero-order valence-corrected chi connectivity index (χ0v) is 11.3. The van der Waals surface area contributed by atoms with Crippen molar-refractivity contribution in [2.24, 2.45) is 5.73 Å². The summed E-state index contributed by atoms with van der Waals surface area (Å²) in [4.78, 5) is 15.6. The summed E-state index contributed by atoms with van der Waals surface area (Å²) in [7, 11) is 0. The first kappa shape index (κ1) is 16.3. The third kappa shape index (κ3) is 3.40. The van der Waals surface area contributed by atoms with Crippen molar-refractivity contribution in [1.29, 1.82) is 0 Å². The van der Waals surface area contributed by atoms with E-state index in [0.29, 0.717) is 16.8 Å². The van der Waals surface area contributed by atoms with E-state index >= 15 is 0 Å². The summed E-state index contributed by atoms with van der Waals surface area (Å²) >= 11 is 0. The molecule has 0 saturated heterocycles. The molecule has 0 aliphatic rings. The van der Waals surface area contributed by atoms with E-state index < -0.39 is 24.9 Å². The Morgan fingerprint density at radius 1 is 1.55 bits per heavy atom. The molecule has 0 aliphatic heterocycles. The highest BCUT2D eigenvalue weighted by Gasteiger charge is 2.27. The molecule has 6 nitrogen and oxygen atoms in total. The van der Waals surface area contributed by atoms with Crippen LogP contribution < -0.4 is 11.1 Å². The number of nitrogens with two attached hydrogens (primary N) is 1. The number of halogens is 3. The van der Waals surface area contributed by atoms with Crippen LogP contribution in [-0.4, -0.2) is 35.1 Å². The van der Waals surface area contributed by atoms with E-state index in [9.17, 15) is 13.6 Å². The van der Waals surface area contributed by atoms with Gasteiger partial charge >= 0.3 is 0 Å². The van der Waals surface area contributed by atoms with Gasteiger partial charge in [-0.3, -0.25) is 4.79 Å². The van der Waals surface area contributed by atoms with Gasteiger partial charge in [0.15, 0.2) is 0 Å². The number of nitrogens with one attached hydrogen (secondary N) is 1. The molecule has 1 amide bonds. The quantitative estimate of drug-likeness (QED) is 0.887. The fraction of sp³-hybridized carbons (Fsp3) is 0.364. The molecule has 110 valence electrons. The van der Waals surface area contributed by atoms with Crippen molar-refractivity contribution in [2.45, 2.75) is 12.8 Å². The Bertz CT molecular complexity index is 617. The fourth-order valence-corrected chi connectivity index (χ4v) is 1.45. The summed E-state index contributed by atoms with van der Waals surface area (Å²) in [5.74, 6) is -3.77. The molecule has 9 heteroatoms. The molecular weight excluding hydrogens is 294 g/mol. The number of fused-ring (bicyclic) bond motifs is 1. The molecule has 2 aromatic rings. The van der Waals surface area contributed by atoms with E-state index in [2.05, 4.69) is 15.5 Å². The van der Waals surface area contributed by atoms with Gasteiger partial charge in [0.1, 0.15) is 0 Å². The van der Waals surface area contributed by atoms with Crippen molar-refractivity contribution in [2.75, 3.05) is 13.1 Å². The minimum atomic E-state index is -3.12. The normalized spacial score (nSPS) is 11.2. The number of nitrogens with zero attached hydrogens (tertiary/aromatic N) is 2. The highest BCUT2D eigenvalue weighted by molar-refractivity contribution is 5.96. The smallest absolute Gasteiger partial charge is 0.277 e. The Morgan fingerprint density at radius 2 is 2.25 bits per heavy atom. The lowest BCUT2D eigenvalue weighted by atomic mass is 10.2. The number of hydrogen-bond donors (Lipinski definition) is 2. The summed E-state index contributed by atoms with van der Waals surface area (Å²) in [6.07, 6.45) is 1.24. The number of carbonyl (C=O) groups excluding carboxylic acids is 1. The molecule has 20 heavy (non-hydrogen) atoms. The molecule has 0 radical (unpaired) electrons. The Morgan fingerprint density at radius 3 is 2.90 bits per heavy atom. The van der Waals surface area contributed by atoms with Gasteiger partial charge in [-0.25, -0.2) is 13.8 Å². The second kappa shape index (κ2) is 6.10. The van der Waals surface area contributed by atoms with Crippen molar-refractivity contribution in [3.05, 3.63) is 23.5 Å². The Hall–Kier alpha value is -1.80. The lowest BCUT2D eigenvalue weighted by Crippen LogP contribution is -2.41. The molecule has 0 saturated carbocycles. The molecule has 0 bridgehead atoms. The molecule has 0 spiro atoms. The van der Waals surface area contributed by atoms with Crippen LogP contribution in [0.5, 0.6) is 0 Å². The second-order valence-electron chi connectivity index (χ2n) is 4.09. The maximum atomic E-state index is 12.9. The van der Waals surface area contributed by atoms with E-state index in [1.165, 1.54) is 12.3 Å². The van der Waals surface area contributed by atoms with Crippen LogP contribution in [0, 0.1) is 6.92 Å². The molecular formula is C11H13ClF2N4O2. The molecule has 0 unspecified atom stereocenters. The number of amides is 1. The highest BCUT2D eigenvalue weighted by Crippen LogP contribution is 2.17. The molecule has 3 N–H and O–H groups in total. The summed E-state index contributed by atoms with van der Waals surface area (Å²) in [5.41, 5.74) is 5.90. The van der Waals surface area contributed by atoms with Gasteiger partial charge in [0.05, 0.1) is 29.7 Å². The fourth-order valence-electron chi connectivity index (χ4n) is 1.45. The van der Waals surface area contributed by atoms with Crippen molar-refractivity contribution < 1.29 is 18.1 Å². The van der Waals surface area contributed by atoms with Crippen LogP contribution in [0.15, 0.2) is 16.8 Å². The topological polar surface area (TPSA) is 94.0 Å². The zero-order chi connectivity index (χ0) is 14.0. The van der Waals surface area contributed by atoms with E-state index in [1.54, 1.807) is 6.92 Å². The summed E-state index contributed by atoms with van der Waals surface area (Å²) in [5, 5.41) is 6.36. The SMILES string of the molecule is Cc1noc2ncc(C(=O)NCC(F)(F)CN)cc12.Cl. The number of aryl methyl sites for hydroxylation is 1. The van der Waals surface area contributed by atoms with Crippen molar-refractivity contribution in [3.8, 4) is 0 Å². The van der Waals surface area contributed by atoms with Crippen LogP contribution in [0.4, 0.5) is 8.78 Å². The molecule has 0 atom stereocenters. The Labute approximate surface area is 119 Å². The molecule has 2 rings (SSSR count). The lowest BCUT2D eigenvalue weighted by Gasteiger charge is -2.14. The van der Waals surface area contributed by atoms with Gasteiger partial charge in [-0.2, -0.15) is 0 Å². The minimum Gasteiger partial charge on any atom is -0.346 e. The van der Waals surface area contributed by atoms with Gasteiger partial charge in [0.25, 0.3) is 17.5 Å². The van der Waals surface area contributed by atoms with Crippen LogP contribution in [0.3, 0.4) is 0 Å². The third-order valence-electron chi connectivity index (χ3n) is 2.58. The summed E-state index contributed by atoms with van der Waals surface area (Å²) in [6.45, 7) is 0.0517. The van der Waals surface area contributed by atoms with Gasteiger partial charge < -0.3 is 15.6 Å². The predicted molar refractivity (Wildman–Crippen MR) is 70.1 cm³/mol. The summed E-state index contributed by atoms with van der Waals surface area (Å²) in [6, 6.07) is 1.49. The first-order chi connectivity index (χ1) is 8.93. The maximum Gasteiger partial charge on any atom is 0.277 e. The molecule has 2 aromatic heterocycles. The zero-order valence-electron chi connectivity index (χ0n) is 10.5. The number of rotatable bonds is 4. The average Bonchev–Trinajstić information content (AvgIpc) is 2.77. The third-order valence-corrected chi connectivity index (χ3v) is 2.58. The molecule has 0 aromatic carbocycles. The van der Waals surface area contributed by atoms with Gasteiger partial charge in [-0.05, 0) is 13.0 Å². The predicted octanol–water partition coefficient (Wildman–Crippen LogP) is 1.28. The first-order valence-electron chi connectivity index (χ1n) is 5.51. The molecule has 0 aliphatic carbocycles. The Kier molecular flexibility index (Phi) is 4.96. The van der Waals surface area contributed by atoms with Crippen molar-refractivity contribution >= 4 is 29.4 Å². The standard InChI is InChI=1S/C11H12F2N4O2.ClH/c1-6-8-2-7(3-15-10(8)19-17-6)9(18)16-5-11(12,13)4-14;/h2-3H,4-5,14H2,1H3,(H,16,18);1H. The van der Waals surface area contributed by atoms with Gasteiger partial charge in [0.2, 0.25) is 0 Å². The highest BCUT2D eigenvalue weighted by atomic mass is 35.5. The largest absolute Gasteiger partial charge is 0.346 e. The van der Waals surface area contributed by atoms with Crippen molar-refractivity contribution in [3.63, 3.8) is 0 Å². The average molecular weight is 307 g/mol. The van der Waals surface area contributed by atoms with E-state index in [0.717, 1.165) is 0 Å². The van der Waals surface area contributed by atoms with Gasteiger partial charge in [0, 0.05) is 6.20 Å². The van der Waals surface area contributed by atoms with Gasteiger partial charge in [-0.1, -0.05) is 5.16 Å². The first-order valence-corrected chi connectivity index (χ1v) is 5.51. The number of aromatic nitrogens is 2. The van der Waals surface area contributed by atoms with Crippen LogP contribution in [0.25, 0.3) is 11.1 Å². The molecule has 0 fully saturated rings. The van der Waals surface area contributed by atoms with Gasteiger partial charge in [-0.15, -0.1) is 12.4 Å². The van der Waals surface area contributed by atoms with Crippen LogP contribution in [0.1, 0.15) is 16.1 Å². The number of alkyl halides is 2. The number of hydrogen-bond acceptors (Lipinski definition) is 5. The Balaban J connectivity index is 0.00000200. The second-order valence-corrected chi connectivity index (χ2v) is 4.09. The summed E-state index contributed by atoms with van der Waals surface area (Å²) < 4.78 is 30.7.